The number of rotatable bonds is 3. The summed E-state index contributed by atoms with van der Waals surface area (Å²) in [4.78, 5) is 0. The van der Waals surface area contributed by atoms with Crippen LogP contribution >= 0.6 is 0 Å². The number of aromatic nitrogens is 2. The first-order chi connectivity index (χ1) is 11.4. The van der Waals surface area contributed by atoms with E-state index in [0.717, 1.165) is 43.6 Å². The van der Waals surface area contributed by atoms with E-state index in [1.807, 2.05) is 13.0 Å². The Kier molecular flexibility index (Phi) is 4.71. The lowest BCUT2D eigenvalue weighted by atomic mass is 10.0. The Morgan fingerprint density at radius 3 is 2.50 bits per heavy atom. The van der Waals surface area contributed by atoms with E-state index >= 15 is 0 Å². The molecule has 0 aliphatic carbocycles. The average Bonchev–Trinajstić information content (AvgIpc) is 2.55. The zero-order valence-electron chi connectivity index (χ0n) is 13.3. The van der Waals surface area contributed by atoms with E-state index < -0.39 is 11.7 Å². The van der Waals surface area contributed by atoms with Crippen LogP contribution in [0, 0.1) is 6.92 Å². The summed E-state index contributed by atoms with van der Waals surface area (Å²) < 4.78 is 37.9. The molecule has 1 aliphatic heterocycles. The van der Waals surface area contributed by atoms with Crippen molar-refractivity contribution in [2.75, 3.05) is 18.4 Å². The van der Waals surface area contributed by atoms with Gasteiger partial charge >= 0.3 is 6.18 Å². The van der Waals surface area contributed by atoms with Crippen LogP contribution in [-0.4, -0.2) is 29.3 Å². The summed E-state index contributed by atoms with van der Waals surface area (Å²) in [6.45, 7) is 3.81. The zero-order valence-corrected chi connectivity index (χ0v) is 13.3. The monoisotopic (exact) mass is 336 g/mol. The molecule has 1 atom stereocenters. The molecule has 0 amide bonds. The van der Waals surface area contributed by atoms with Crippen LogP contribution in [0.2, 0.25) is 0 Å². The quantitative estimate of drug-likeness (QED) is 0.899. The minimum absolute atomic E-state index is 0.323. The molecule has 24 heavy (non-hydrogen) atoms. The normalized spacial score (nSPS) is 18.4. The lowest BCUT2D eigenvalue weighted by molar-refractivity contribution is -0.137. The first-order valence-corrected chi connectivity index (χ1v) is 7.93. The van der Waals surface area contributed by atoms with Crippen LogP contribution in [0.3, 0.4) is 0 Å². The molecule has 0 radical (unpaired) electrons. The van der Waals surface area contributed by atoms with E-state index in [0.29, 0.717) is 23.1 Å². The summed E-state index contributed by atoms with van der Waals surface area (Å²) in [5.74, 6) is 0.692. The van der Waals surface area contributed by atoms with Gasteiger partial charge in [0.05, 0.1) is 11.3 Å². The number of nitrogens with zero attached hydrogens (tertiary/aromatic N) is 2. The molecule has 2 heterocycles. The third-order valence-electron chi connectivity index (χ3n) is 4.12. The highest BCUT2D eigenvalue weighted by atomic mass is 19.4. The van der Waals surface area contributed by atoms with Crippen molar-refractivity contribution in [2.45, 2.75) is 32.0 Å². The molecule has 2 aromatic rings. The van der Waals surface area contributed by atoms with Gasteiger partial charge in [0.2, 0.25) is 0 Å². The van der Waals surface area contributed by atoms with Crippen molar-refractivity contribution < 1.29 is 13.2 Å². The number of piperidine rings is 1. The second-order valence-electron chi connectivity index (χ2n) is 6.02. The van der Waals surface area contributed by atoms with Crippen molar-refractivity contribution in [1.82, 2.24) is 15.5 Å². The Balaban J connectivity index is 1.77. The maximum absolute atomic E-state index is 12.6. The van der Waals surface area contributed by atoms with Crippen LogP contribution in [0.1, 0.15) is 24.0 Å². The Bertz CT molecular complexity index is 692. The van der Waals surface area contributed by atoms with Crippen molar-refractivity contribution in [3.63, 3.8) is 0 Å². The third kappa shape index (κ3) is 3.84. The zero-order chi connectivity index (χ0) is 17.2. The van der Waals surface area contributed by atoms with Gasteiger partial charge in [0.1, 0.15) is 5.82 Å². The first-order valence-electron chi connectivity index (χ1n) is 7.93. The minimum Gasteiger partial charge on any atom is -0.365 e. The maximum atomic E-state index is 12.6. The maximum Gasteiger partial charge on any atom is 0.416 e. The molecule has 0 spiro atoms. The van der Waals surface area contributed by atoms with Gasteiger partial charge in [-0.2, -0.15) is 13.2 Å². The van der Waals surface area contributed by atoms with Gasteiger partial charge in [0.15, 0.2) is 0 Å². The number of hydrogen-bond donors (Lipinski definition) is 2. The van der Waals surface area contributed by atoms with E-state index in [4.69, 9.17) is 0 Å². The minimum atomic E-state index is -4.33. The van der Waals surface area contributed by atoms with Gasteiger partial charge in [0, 0.05) is 18.2 Å². The van der Waals surface area contributed by atoms with Gasteiger partial charge in [-0.25, -0.2) is 0 Å². The number of alkyl halides is 3. The fourth-order valence-corrected chi connectivity index (χ4v) is 2.84. The van der Waals surface area contributed by atoms with E-state index in [-0.39, 0.29) is 0 Å². The second kappa shape index (κ2) is 6.76. The Hall–Kier alpha value is -2.15. The number of benzene rings is 1. The van der Waals surface area contributed by atoms with E-state index in [2.05, 4.69) is 20.8 Å². The van der Waals surface area contributed by atoms with Crippen molar-refractivity contribution in [3.8, 4) is 11.3 Å². The van der Waals surface area contributed by atoms with Gasteiger partial charge in [-0.15, -0.1) is 10.2 Å². The Morgan fingerprint density at radius 2 is 1.92 bits per heavy atom. The van der Waals surface area contributed by atoms with Gasteiger partial charge in [-0.1, -0.05) is 12.1 Å². The molecule has 0 saturated carbocycles. The molecule has 1 fully saturated rings. The van der Waals surface area contributed by atoms with Crippen LogP contribution in [0.15, 0.2) is 30.3 Å². The summed E-state index contributed by atoms with van der Waals surface area (Å²) in [6, 6.07) is 7.20. The molecule has 2 N–H and O–H groups in total. The Morgan fingerprint density at radius 1 is 1.17 bits per heavy atom. The molecular weight excluding hydrogens is 317 g/mol. The summed E-state index contributed by atoms with van der Waals surface area (Å²) >= 11 is 0. The molecule has 1 aromatic heterocycles. The highest BCUT2D eigenvalue weighted by molar-refractivity contribution is 5.64. The average molecular weight is 336 g/mol. The molecule has 4 nitrogen and oxygen atoms in total. The van der Waals surface area contributed by atoms with Crippen LogP contribution in [0.4, 0.5) is 19.0 Å². The number of anilines is 1. The molecule has 1 saturated heterocycles. The predicted octanol–water partition coefficient (Wildman–Crippen LogP) is 3.63. The molecule has 1 aromatic carbocycles. The third-order valence-corrected chi connectivity index (χ3v) is 4.12. The molecule has 3 rings (SSSR count). The smallest absolute Gasteiger partial charge is 0.365 e. The van der Waals surface area contributed by atoms with Crippen LogP contribution in [-0.2, 0) is 6.18 Å². The van der Waals surface area contributed by atoms with Gasteiger partial charge in [-0.05, 0) is 50.1 Å². The largest absolute Gasteiger partial charge is 0.416 e. The lowest BCUT2D eigenvalue weighted by Crippen LogP contribution is -2.38. The first kappa shape index (κ1) is 16.7. The molecule has 0 unspecified atom stereocenters. The fourth-order valence-electron chi connectivity index (χ4n) is 2.84. The second-order valence-corrected chi connectivity index (χ2v) is 6.02. The summed E-state index contributed by atoms with van der Waals surface area (Å²) in [5.41, 5.74) is 1.42. The van der Waals surface area contributed by atoms with Gasteiger partial charge in [-0.3, -0.25) is 0 Å². The summed E-state index contributed by atoms with van der Waals surface area (Å²) in [6.07, 6.45) is -2.14. The summed E-state index contributed by atoms with van der Waals surface area (Å²) in [7, 11) is 0. The van der Waals surface area contributed by atoms with Gasteiger partial charge in [0.25, 0.3) is 0 Å². The van der Waals surface area contributed by atoms with Crippen molar-refractivity contribution in [3.05, 3.63) is 41.5 Å². The highest BCUT2D eigenvalue weighted by Crippen LogP contribution is 2.31. The SMILES string of the molecule is Cc1cc(N[C@@H]2CCCNC2)nnc1-c1ccc(C(F)(F)F)cc1. The highest BCUT2D eigenvalue weighted by Gasteiger charge is 2.30. The lowest BCUT2D eigenvalue weighted by Gasteiger charge is -2.24. The van der Waals surface area contributed by atoms with Crippen LogP contribution < -0.4 is 10.6 Å². The predicted molar refractivity (Wildman–Crippen MR) is 86.7 cm³/mol. The number of halogens is 3. The summed E-state index contributed by atoms with van der Waals surface area (Å²) in [5, 5.41) is 15.0. The molecular formula is C17H19F3N4. The molecule has 1 aliphatic rings. The van der Waals surface area contributed by atoms with Crippen molar-refractivity contribution in [2.24, 2.45) is 0 Å². The molecule has 7 heteroatoms. The molecule has 128 valence electrons. The van der Waals surface area contributed by atoms with Crippen LogP contribution in [0.25, 0.3) is 11.3 Å². The van der Waals surface area contributed by atoms with Crippen LogP contribution in [0.5, 0.6) is 0 Å². The van der Waals surface area contributed by atoms with Gasteiger partial charge < -0.3 is 10.6 Å². The molecule has 0 bridgehead atoms. The van der Waals surface area contributed by atoms with Crippen molar-refractivity contribution in [1.29, 1.82) is 0 Å². The van der Waals surface area contributed by atoms with E-state index in [1.165, 1.54) is 12.1 Å². The standard InChI is InChI=1S/C17H19F3N4/c1-11-9-15(22-14-3-2-8-21-10-14)23-24-16(11)12-4-6-13(7-5-12)17(18,19)20/h4-7,9,14,21H,2-3,8,10H2,1H3,(H,22,23)/t14-/m1/s1. The van der Waals surface area contributed by atoms with E-state index in [1.54, 1.807) is 0 Å². The number of nitrogens with one attached hydrogen (secondary N) is 2. The Labute approximate surface area is 138 Å². The fraction of sp³-hybridized carbons (Fsp3) is 0.412. The van der Waals surface area contributed by atoms with Crippen molar-refractivity contribution >= 4 is 5.82 Å². The number of aryl methyl sites for hydroxylation is 1. The topological polar surface area (TPSA) is 49.8 Å². The van der Waals surface area contributed by atoms with E-state index in [9.17, 15) is 13.2 Å². The number of hydrogen-bond acceptors (Lipinski definition) is 4.